The normalized spacial score (nSPS) is 17.1. The second-order valence-electron chi connectivity index (χ2n) is 8.54. The number of carboxylic acids is 1. The van der Waals surface area contributed by atoms with E-state index in [1.807, 2.05) is 27.7 Å². The molecule has 0 aliphatic heterocycles. The molecule has 1 aliphatic rings. The zero-order chi connectivity index (χ0) is 21.8. The molecule has 29 heavy (non-hydrogen) atoms. The molecule has 1 aliphatic carbocycles. The Hall–Kier alpha value is -2.18. The molecule has 0 aromatic heterocycles. The monoisotopic (exact) mass is 412 g/mol. The van der Waals surface area contributed by atoms with Gasteiger partial charge in [0.15, 0.2) is 6.10 Å². The van der Waals surface area contributed by atoms with Gasteiger partial charge in [-0.2, -0.15) is 8.78 Å². The molecule has 0 heterocycles. The van der Waals surface area contributed by atoms with Crippen molar-refractivity contribution >= 4 is 11.9 Å². The molecular weight excluding hydrogens is 382 g/mol. The molecule has 1 atom stereocenters. The van der Waals surface area contributed by atoms with Crippen LogP contribution in [0, 0.1) is 11.8 Å². The van der Waals surface area contributed by atoms with Crippen molar-refractivity contribution in [3.63, 3.8) is 0 Å². The maximum Gasteiger partial charge on any atom is 0.378 e. The van der Waals surface area contributed by atoms with Gasteiger partial charge < -0.3 is 14.6 Å². The summed E-state index contributed by atoms with van der Waals surface area (Å²) in [5.74, 6) is -7.26. The Morgan fingerprint density at radius 3 is 2.10 bits per heavy atom. The van der Waals surface area contributed by atoms with Gasteiger partial charge in [0.05, 0.1) is 5.56 Å². The molecule has 5 nitrogen and oxygen atoms in total. The van der Waals surface area contributed by atoms with Crippen molar-refractivity contribution in [3.05, 3.63) is 29.8 Å². The van der Waals surface area contributed by atoms with Crippen LogP contribution in [0.2, 0.25) is 0 Å². The first-order valence-corrected chi connectivity index (χ1v) is 10.1. The first-order chi connectivity index (χ1) is 13.4. The van der Waals surface area contributed by atoms with Crippen molar-refractivity contribution in [1.29, 1.82) is 0 Å². The number of carbonyl (C=O) groups excluding carboxylic acids is 1. The molecule has 1 N–H and O–H groups in total. The summed E-state index contributed by atoms with van der Waals surface area (Å²) in [6.07, 6.45) is 1.18. The van der Waals surface area contributed by atoms with E-state index < -0.39 is 35.5 Å². The van der Waals surface area contributed by atoms with Gasteiger partial charge in [-0.15, -0.1) is 0 Å². The van der Waals surface area contributed by atoms with Gasteiger partial charge in [0, 0.05) is 5.92 Å². The molecule has 1 fully saturated rings. The third-order valence-corrected chi connectivity index (χ3v) is 5.82. The largest absolute Gasteiger partial charge is 0.488 e. The van der Waals surface area contributed by atoms with Crippen LogP contribution in [0.1, 0.15) is 70.2 Å². The Bertz CT molecular complexity index is 706. The van der Waals surface area contributed by atoms with E-state index in [1.54, 1.807) is 12.1 Å². The number of halogens is 2. The van der Waals surface area contributed by atoms with Crippen molar-refractivity contribution in [2.45, 2.75) is 77.4 Å². The highest BCUT2D eigenvalue weighted by Gasteiger charge is 2.53. The van der Waals surface area contributed by atoms with E-state index in [1.165, 1.54) is 12.1 Å². The fourth-order valence-corrected chi connectivity index (χ4v) is 3.29. The lowest BCUT2D eigenvalue weighted by molar-refractivity contribution is -0.189. The van der Waals surface area contributed by atoms with Crippen molar-refractivity contribution in [3.8, 4) is 5.75 Å². The summed E-state index contributed by atoms with van der Waals surface area (Å²) in [5.41, 5.74) is -0.348. The van der Waals surface area contributed by atoms with Crippen LogP contribution in [-0.2, 0) is 9.53 Å². The number of aliphatic carboxylic acids is 1. The van der Waals surface area contributed by atoms with Crippen LogP contribution in [0.4, 0.5) is 8.78 Å². The minimum atomic E-state index is -4.14. The Labute approximate surface area is 170 Å². The molecule has 0 amide bonds. The highest BCUT2D eigenvalue weighted by Crippen LogP contribution is 2.36. The van der Waals surface area contributed by atoms with E-state index in [9.17, 15) is 18.4 Å². The molecule has 2 rings (SSSR count). The minimum absolute atomic E-state index is 0.0710. The number of hydrogen-bond acceptors (Lipinski definition) is 4. The lowest BCUT2D eigenvalue weighted by atomic mass is 9.83. The average molecular weight is 412 g/mol. The molecule has 0 saturated heterocycles. The summed E-state index contributed by atoms with van der Waals surface area (Å²) in [6.45, 7) is 7.95. The van der Waals surface area contributed by atoms with Gasteiger partial charge in [-0.3, -0.25) is 0 Å². The summed E-state index contributed by atoms with van der Waals surface area (Å²) in [4.78, 5) is 23.6. The van der Waals surface area contributed by atoms with E-state index in [2.05, 4.69) is 0 Å². The van der Waals surface area contributed by atoms with Crippen LogP contribution in [0.5, 0.6) is 5.75 Å². The highest BCUT2D eigenvalue weighted by molar-refractivity contribution is 5.90. The standard InChI is InChI=1S/C22H30F2O5/c1-14(2)21(3,4)29-17-12-10-16(11-13-17)19(25)28-18(22(23,24)20(26)27)15-8-6-5-7-9-15/h10-15,18H,5-9H2,1-4H3,(H,26,27). The number of ether oxygens (including phenoxy) is 2. The Balaban J connectivity index is 2.15. The van der Waals surface area contributed by atoms with Crippen LogP contribution in [0.3, 0.4) is 0 Å². The van der Waals surface area contributed by atoms with Crippen LogP contribution >= 0.6 is 0 Å². The van der Waals surface area contributed by atoms with Crippen LogP contribution in [0.25, 0.3) is 0 Å². The number of carboxylic acid groups (broad SMARTS) is 1. The summed E-state index contributed by atoms with van der Waals surface area (Å²) < 4.78 is 39.6. The zero-order valence-electron chi connectivity index (χ0n) is 17.4. The summed E-state index contributed by atoms with van der Waals surface area (Å²) >= 11 is 0. The molecule has 1 aromatic carbocycles. The highest BCUT2D eigenvalue weighted by atomic mass is 19.3. The van der Waals surface area contributed by atoms with Gasteiger partial charge in [0.2, 0.25) is 0 Å². The van der Waals surface area contributed by atoms with Gasteiger partial charge in [-0.1, -0.05) is 33.1 Å². The average Bonchev–Trinajstić information content (AvgIpc) is 2.66. The number of benzene rings is 1. The SMILES string of the molecule is CC(C)C(C)(C)Oc1ccc(C(=O)OC(C2CCCCC2)C(F)(F)C(=O)O)cc1. The van der Waals surface area contributed by atoms with E-state index in [0.717, 1.165) is 6.42 Å². The minimum Gasteiger partial charge on any atom is -0.488 e. The smallest absolute Gasteiger partial charge is 0.378 e. The summed E-state index contributed by atoms with van der Waals surface area (Å²) in [7, 11) is 0. The van der Waals surface area contributed by atoms with Crippen molar-refractivity contribution in [2.75, 3.05) is 0 Å². The lowest BCUT2D eigenvalue weighted by Gasteiger charge is -2.33. The number of carbonyl (C=O) groups is 2. The van der Waals surface area contributed by atoms with Gasteiger partial charge in [-0.25, -0.2) is 9.59 Å². The van der Waals surface area contributed by atoms with Gasteiger partial charge in [0.1, 0.15) is 11.4 Å². The van der Waals surface area contributed by atoms with E-state index in [-0.39, 0.29) is 11.5 Å². The fraction of sp³-hybridized carbons (Fsp3) is 0.636. The fourth-order valence-electron chi connectivity index (χ4n) is 3.29. The predicted molar refractivity (Wildman–Crippen MR) is 104 cm³/mol. The maximum absolute atomic E-state index is 14.3. The van der Waals surface area contributed by atoms with Crippen molar-refractivity contribution in [2.24, 2.45) is 11.8 Å². The van der Waals surface area contributed by atoms with E-state index >= 15 is 0 Å². The third-order valence-electron chi connectivity index (χ3n) is 5.82. The molecule has 1 unspecified atom stereocenters. The Kier molecular flexibility index (Phi) is 7.25. The van der Waals surface area contributed by atoms with Crippen molar-refractivity contribution < 1.29 is 33.0 Å². The van der Waals surface area contributed by atoms with Gasteiger partial charge in [-0.05, 0) is 56.9 Å². The number of rotatable bonds is 8. The topological polar surface area (TPSA) is 72.8 Å². The lowest BCUT2D eigenvalue weighted by Crippen LogP contribution is -2.48. The summed E-state index contributed by atoms with van der Waals surface area (Å²) in [6, 6.07) is 6.02. The molecule has 0 spiro atoms. The quantitative estimate of drug-likeness (QED) is 0.585. The van der Waals surface area contributed by atoms with Gasteiger partial charge in [0.25, 0.3) is 0 Å². The van der Waals surface area contributed by atoms with Crippen molar-refractivity contribution in [1.82, 2.24) is 0 Å². The molecule has 162 valence electrons. The van der Waals surface area contributed by atoms with Crippen LogP contribution < -0.4 is 4.74 Å². The van der Waals surface area contributed by atoms with E-state index in [4.69, 9.17) is 14.6 Å². The Morgan fingerprint density at radius 2 is 1.62 bits per heavy atom. The maximum atomic E-state index is 14.3. The second kappa shape index (κ2) is 9.09. The Morgan fingerprint density at radius 1 is 1.07 bits per heavy atom. The zero-order valence-corrected chi connectivity index (χ0v) is 17.4. The molecule has 7 heteroatoms. The molecule has 0 bridgehead atoms. The van der Waals surface area contributed by atoms with Gasteiger partial charge >= 0.3 is 17.9 Å². The first kappa shape index (κ1) is 23.1. The van der Waals surface area contributed by atoms with E-state index in [0.29, 0.717) is 31.4 Å². The summed E-state index contributed by atoms with van der Waals surface area (Å²) in [5, 5.41) is 8.96. The molecule has 1 saturated carbocycles. The number of hydrogen-bond donors (Lipinski definition) is 1. The number of esters is 1. The third kappa shape index (κ3) is 5.67. The molecule has 0 radical (unpaired) electrons. The predicted octanol–water partition coefficient (Wildman–Crippen LogP) is 5.33. The molecule has 1 aromatic rings. The van der Waals surface area contributed by atoms with Crippen LogP contribution in [0.15, 0.2) is 24.3 Å². The second-order valence-corrected chi connectivity index (χ2v) is 8.54. The first-order valence-electron chi connectivity index (χ1n) is 10.1. The van der Waals surface area contributed by atoms with Crippen LogP contribution in [-0.4, -0.2) is 34.7 Å². The molecular formula is C22H30F2O5. The number of alkyl halides is 2.